The van der Waals surface area contributed by atoms with Gasteiger partial charge in [0.2, 0.25) is 0 Å². The Kier molecular flexibility index (Phi) is 5.68. The van der Waals surface area contributed by atoms with Crippen molar-refractivity contribution in [1.82, 2.24) is 9.88 Å². The summed E-state index contributed by atoms with van der Waals surface area (Å²) in [5.74, 6) is 0.831. The Morgan fingerprint density at radius 2 is 2.24 bits per heavy atom. The van der Waals surface area contributed by atoms with E-state index in [1.54, 1.807) is 7.11 Å². The molecule has 0 aliphatic carbocycles. The second kappa shape index (κ2) is 6.79. The number of hydrogen-bond donors (Lipinski definition) is 1. The van der Waals surface area contributed by atoms with Crippen molar-refractivity contribution in [2.75, 3.05) is 33.1 Å². The van der Waals surface area contributed by atoms with Crippen molar-refractivity contribution in [3.05, 3.63) is 22.8 Å². The molecule has 17 heavy (non-hydrogen) atoms. The number of pyridine rings is 1. The van der Waals surface area contributed by atoms with E-state index in [9.17, 15) is 0 Å². The Bertz CT molecular complexity index is 360. The molecule has 0 aliphatic rings. The van der Waals surface area contributed by atoms with Crippen LogP contribution in [0.15, 0.2) is 12.1 Å². The number of likely N-dealkylation sites (N-methyl/N-ethyl adjacent to an activating group) is 1. The van der Waals surface area contributed by atoms with E-state index in [2.05, 4.69) is 22.1 Å². The third kappa shape index (κ3) is 4.15. The molecule has 1 rings (SSSR count). The van der Waals surface area contributed by atoms with Crippen molar-refractivity contribution in [3.8, 4) is 0 Å². The Labute approximate surface area is 108 Å². The maximum atomic E-state index is 6.13. The molecular weight excluding hydrogens is 238 g/mol. The number of halogens is 1. The van der Waals surface area contributed by atoms with Crippen LogP contribution < -0.4 is 5.32 Å². The fourth-order valence-electron chi connectivity index (χ4n) is 1.49. The first-order valence-electron chi connectivity index (χ1n) is 5.60. The van der Waals surface area contributed by atoms with Gasteiger partial charge in [-0.15, -0.1) is 0 Å². The van der Waals surface area contributed by atoms with Crippen LogP contribution in [-0.2, 0) is 11.3 Å². The molecule has 1 unspecified atom stereocenters. The van der Waals surface area contributed by atoms with Crippen molar-refractivity contribution in [1.29, 1.82) is 0 Å². The van der Waals surface area contributed by atoms with E-state index in [0.29, 0.717) is 24.2 Å². The van der Waals surface area contributed by atoms with Crippen LogP contribution in [0.1, 0.15) is 12.6 Å². The Balaban J connectivity index is 2.73. The monoisotopic (exact) mass is 257 g/mol. The van der Waals surface area contributed by atoms with Crippen LogP contribution in [0.25, 0.3) is 0 Å². The van der Waals surface area contributed by atoms with E-state index in [-0.39, 0.29) is 0 Å². The van der Waals surface area contributed by atoms with E-state index in [1.165, 1.54) is 0 Å². The number of rotatable bonds is 6. The smallest absolute Gasteiger partial charge is 0.126 e. The normalized spacial score (nSPS) is 12.8. The molecule has 0 bridgehead atoms. The molecule has 0 fully saturated rings. The van der Waals surface area contributed by atoms with Gasteiger partial charge >= 0.3 is 0 Å². The largest absolute Gasteiger partial charge is 0.383 e. The summed E-state index contributed by atoms with van der Waals surface area (Å²) in [6.45, 7) is 3.51. The first-order chi connectivity index (χ1) is 8.08. The fraction of sp³-hybridized carbons (Fsp3) is 0.583. The number of nitrogens with one attached hydrogen (secondary N) is 1. The highest BCUT2D eigenvalue weighted by atomic mass is 35.5. The van der Waals surface area contributed by atoms with E-state index < -0.39 is 0 Å². The van der Waals surface area contributed by atoms with Crippen LogP contribution in [0.4, 0.5) is 5.82 Å². The van der Waals surface area contributed by atoms with E-state index >= 15 is 0 Å². The van der Waals surface area contributed by atoms with Crippen LogP contribution in [0.5, 0.6) is 0 Å². The molecular formula is C12H20ClN3O. The molecule has 0 aromatic carbocycles. The number of aromatic nitrogens is 1. The SMILES string of the molecule is CNc1ccc(Cl)c(CN(C)C(C)COC)n1. The number of nitrogens with zero attached hydrogens (tertiary/aromatic N) is 2. The molecule has 1 atom stereocenters. The lowest BCUT2D eigenvalue weighted by Crippen LogP contribution is -2.32. The van der Waals surface area contributed by atoms with Gasteiger partial charge in [0, 0.05) is 26.7 Å². The highest BCUT2D eigenvalue weighted by molar-refractivity contribution is 6.31. The lowest BCUT2D eigenvalue weighted by molar-refractivity contribution is 0.111. The summed E-state index contributed by atoms with van der Waals surface area (Å²) in [7, 11) is 5.59. The molecule has 1 N–H and O–H groups in total. The lowest BCUT2D eigenvalue weighted by Gasteiger charge is -2.24. The zero-order chi connectivity index (χ0) is 12.8. The molecule has 0 spiro atoms. The van der Waals surface area contributed by atoms with Gasteiger partial charge in [0.25, 0.3) is 0 Å². The Morgan fingerprint density at radius 3 is 2.82 bits per heavy atom. The Hall–Kier alpha value is -0.840. The van der Waals surface area contributed by atoms with Gasteiger partial charge in [0.05, 0.1) is 17.3 Å². The van der Waals surface area contributed by atoms with E-state index in [1.807, 2.05) is 26.2 Å². The van der Waals surface area contributed by atoms with Crippen molar-refractivity contribution >= 4 is 17.4 Å². The summed E-state index contributed by atoms with van der Waals surface area (Å²) in [5.41, 5.74) is 0.879. The summed E-state index contributed by atoms with van der Waals surface area (Å²) in [5, 5.41) is 3.70. The quantitative estimate of drug-likeness (QED) is 0.848. The highest BCUT2D eigenvalue weighted by Gasteiger charge is 2.12. The van der Waals surface area contributed by atoms with Gasteiger partial charge in [-0.3, -0.25) is 4.90 Å². The number of hydrogen-bond acceptors (Lipinski definition) is 4. The molecule has 0 saturated carbocycles. The standard InChI is InChI=1S/C12H20ClN3O/c1-9(8-17-4)16(3)7-11-10(13)5-6-12(14-2)15-11/h5-6,9H,7-8H2,1-4H3,(H,14,15). The van der Waals surface area contributed by atoms with Gasteiger partial charge in [-0.25, -0.2) is 4.98 Å². The summed E-state index contributed by atoms with van der Waals surface area (Å²) >= 11 is 6.13. The molecule has 96 valence electrons. The van der Waals surface area contributed by atoms with Crippen molar-refractivity contribution in [2.24, 2.45) is 0 Å². The summed E-state index contributed by atoms with van der Waals surface area (Å²) < 4.78 is 5.13. The maximum Gasteiger partial charge on any atom is 0.126 e. The first kappa shape index (κ1) is 14.2. The molecule has 0 saturated heterocycles. The molecule has 0 aliphatic heterocycles. The number of ether oxygens (including phenoxy) is 1. The molecule has 1 aromatic heterocycles. The van der Waals surface area contributed by atoms with Gasteiger partial charge in [0.1, 0.15) is 5.82 Å². The van der Waals surface area contributed by atoms with Gasteiger partial charge in [-0.2, -0.15) is 0 Å². The van der Waals surface area contributed by atoms with Crippen LogP contribution in [0.3, 0.4) is 0 Å². The van der Waals surface area contributed by atoms with Crippen molar-refractivity contribution in [2.45, 2.75) is 19.5 Å². The van der Waals surface area contributed by atoms with Crippen LogP contribution >= 0.6 is 11.6 Å². The average Bonchev–Trinajstić information content (AvgIpc) is 2.32. The van der Waals surface area contributed by atoms with Gasteiger partial charge < -0.3 is 10.1 Å². The predicted octanol–water partition coefficient (Wildman–Crippen LogP) is 2.24. The number of anilines is 1. The molecule has 0 amide bonds. The Morgan fingerprint density at radius 1 is 1.53 bits per heavy atom. The first-order valence-corrected chi connectivity index (χ1v) is 5.98. The highest BCUT2D eigenvalue weighted by Crippen LogP contribution is 2.18. The average molecular weight is 258 g/mol. The predicted molar refractivity (Wildman–Crippen MR) is 71.6 cm³/mol. The zero-order valence-corrected chi connectivity index (χ0v) is 11.6. The second-order valence-corrected chi connectivity index (χ2v) is 4.50. The van der Waals surface area contributed by atoms with E-state index in [4.69, 9.17) is 16.3 Å². The van der Waals surface area contributed by atoms with Crippen molar-refractivity contribution in [3.63, 3.8) is 0 Å². The second-order valence-electron chi connectivity index (χ2n) is 4.09. The summed E-state index contributed by atoms with van der Waals surface area (Å²) in [6, 6.07) is 4.06. The maximum absolute atomic E-state index is 6.13. The summed E-state index contributed by atoms with van der Waals surface area (Å²) in [6.07, 6.45) is 0. The number of methoxy groups -OCH3 is 1. The lowest BCUT2D eigenvalue weighted by atomic mass is 10.2. The van der Waals surface area contributed by atoms with Crippen LogP contribution in [-0.4, -0.2) is 43.7 Å². The fourth-order valence-corrected chi connectivity index (χ4v) is 1.66. The minimum atomic E-state index is 0.330. The molecule has 0 radical (unpaired) electrons. The third-order valence-corrected chi connectivity index (χ3v) is 3.08. The van der Waals surface area contributed by atoms with Gasteiger partial charge in [0.15, 0.2) is 0 Å². The zero-order valence-electron chi connectivity index (χ0n) is 10.8. The van der Waals surface area contributed by atoms with Crippen LogP contribution in [0.2, 0.25) is 5.02 Å². The molecule has 1 aromatic rings. The van der Waals surface area contributed by atoms with Crippen molar-refractivity contribution < 1.29 is 4.74 Å². The van der Waals surface area contributed by atoms with E-state index in [0.717, 1.165) is 11.5 Å². The minimum absolute atomic E-state index is 0.330. The third-order valence-electron chi connectivity index (χ3n) is 2.73. The minimum Gasteiger partial charge on any atom is -0.383 e. The van der Waals surface area contributed by atoms with Gasteiger partial charge in [-0.1, -0.05) is 11.6 Å². The molecule has 4 nitrogen and oxygen atoms in total. The summed E-state index contributed by atoms with van der Waals surface area (Å²) in [4.78, 5) is 6.61. The van der Waals surface area contributed by atoms with Gasteiger partial charge in [-0.05, 0) is 26.1 Å². The van der Waals surface area contributed by atoms with Crippen LogP contribution in [0, 0.1) is 0 Å². The molecule has 1 heterocycles. The topological polar surface area (TPSA) is 37.4 Å². The molecule has 5 heteroatoms.